The number of rotatable bonds is 8. The van der Waals surface area contributed by atoms with Gasteiger partial charge in [-0.3, -0.25) is 0 Å². The summed E-state index contributed by atoms with van der Waals surface area (Å²) in [7, 11) is 1.95. The third-order valence-corrected chi connectivity index (χ3v) is 4.94. The highest BCUT2D eigenvalue weighted by atomic mass is 16.5. The summed E-state index contributed by atoms with van der Waals surface area (Å²) in [4.78, 5) is 4.68. The zero-order valence-corrected chi connectivity index (χ0v) is 16.6. The van der Waals surface area contributed by atoms with E-state index in [9.17, 15) is 0 Å². The fourth-order valence-electron chi connectivity index (χ4n) is 3.11. The third kappa shape index (κ3) is 6.15. The molecule has 0 radical (unpaired) electrons. The monoisotopic (exact) mass is 380 g/mol. The largest absolute Gasteiger partial charge is 0.379 e. The molecule has 0 saturated carbocycles. The van der Waals surface area contributed by atoms with Crippen LogP contribution >= 0.6 is 0 Å². The van der Waals surface area contributed by atoms with E-state index in [1.54, 1.807) is 0 Å². The van der Waals surface area contributed by atoms with Crippen LogP contribution in [0.25, 0.3) is 0 Å². The number of ether oxygens (including phenoxy) is 3. The molecular weight excluding hydrogens is 348 g/mol. The topological polar surface area (TPSA) is 94.8 Å². The minimum absolute atomic E-state index is 0.127. The van der Waals surface area contributed by atoms with Crippen molar-refractivity contribution in [2.45, 2.75) is 57.9 Å². The van der Waals surface area contributed by atoms with Gasteiger partial charge in [0.25, 0.3) is 0 Å². The van der Waals surface area contributed by atoms with E-state index in [-0.39, 0.29) is 18.2 Å². The Balaban J connectivity index is 1.53. The molecule has 152 valence electrons. The number of nitrogens with one attached hydrogen (secondary N) is 2. The molecular formula is C18H32N6O3. The van der Waals surface area contributed by atoms with Gasteiger partial charge >= 0.3 is 0 Å². The van der Waals surface area contributed by atoms with Crippen molar-refractivity contribution in [3.05, 3.63) is 11.6 Å². The van der Waals surface area contributed by atoms with Crippen LogP contribution in [-0.2, 0) is 27.8 Å². The van der Waals surface area contributed by atoms with Gasteiger partial charge in [-0.1, -0.05) is 0 Å². The van der Waals surface area contributed by atoms with E-state index < -0.39 is 0 Å². The smallest absolute Gasteiger partial charge is 0.192 e. The van der Waals surface area contributed by atoms with Crippen molar-refractivity contribution in [1.29, 1.82) is 0 Å². The Labute approximate surface area is 160 Å². The Morgan fingerprint density at radius 1 is 1.37 bits per heavy atom. The van der Waals surface area contributed by atoms with Crippen LogP contribution in [-0.4, -0.2) is 71.9 Å². The number of hydrogen-bond acceptors (Lipinski definition) is 6. The summed E-state index contributed by atoms with van der Waals surface area (Å²) in [5.41, 5.74) is 0. The lowest BCUT2D eigenvalue weighted by atomic mass is 10.2. The highest BCUT2D eigenvalue weighted by Gasteiger charge is 2.19. The van der Waals surface area contributed by atoms with E-state index in [4.69, 9.17) is 14.2 Å². The molecule has 1 aromatic heterocycles. The Hall–Kier alpha value is -1.71. The molecule has 9 heteroatoms. The van der Waals surface area contributed by atoms with Gasteiger partial charge in [0.2, 0.25) is 0 Å². The minimum atomic E-state index is 0.127. The van der Waals surface area contributed by atoms with Crippen molar-refractivity contribution >= 4 is 5.96 Å². The van der Waals surface area contributed by atoms with Gasteiger partial charge in [0.15, 0.2) is 11.8 Å². The number of aromatic nitrogens is 3. The molecule has 1 aromatic rings. The van der Waals surface area contributed by atoms with E-state index >= 15 is 0 Å². The Kier molecular flexibility index (Phi) is 7.42. The molecule has 2 aliphatic rings. The predicted octanol–water partition coefficient (Wildman–Crippen LogP) is 0.532. The van der Waals surface area contributed by atoms with Crippen molar-refractivity contribution in [2.24, 2.45) is 12.0 Å². The first kappa shape index (κ1) is 20.0. The zero-order chi connectivity index (χ0) is 19.1. The number of aliphatic imine (C=N–C) groups is 1. The van der Waals surface area contributed by atoms with Gasteiger partial charge in [-0.15, -0.1) is 10.2 Å². The Morgan fingerprint density at radius 2 is 2.26 bits per heavy atom. The van der Waals surface area contributed by atoms with Crippen LogP contribution in [0, 0.1) is 6.92 Å². The maximum Gasteiger partial charge on any atom is 0.192 e. The predicted molar refractivity (Wildman–Crippen MR) is 102 cm³/mol. The summed E-state index contributed by atoms with van der Waals surface area (Å²) >= 11 is 0. The van der Waals surface area contributed by atoms with Gasteiger partial charge < -0.3 is 29.4 Å². The summed E-state index contributed by atoms with van der Waals surface area (Å²) in [6.45, 7) is 8.16. The van der Waals surface area contributed by atoms with Crippen molar-refractivity contribution in [3.63, 3.8) is 0 Å². The molecule has 0 spiro atoms. The maximum absolute atomic E-state index is 5.91. The first-order chi connectivity index (χ1) is 13.1. The summed E-state index contributed by atoms with van der Waals surface area (Å²) in [5, 5.41) is 15.1. The minimum Gasteiger partial charge on any atom is -0.379 e. The molecule has 0 aliphatic carbocycles. The molecule has 2 N–H and O–H groups in total. The number of guanidine groups is 1. The first-order valence-corrected chi connectivity index (χ1v) is 9.82. The zero-order valence-electron chi connectivity index (χ0n) is 16.6. The van der Waals surface area contributed by atoms with Crippen LogP contribution < -0.4 is 10.6 Å². The van der Waals surface area contributed by atoms with Gasteiger partial charge in [-0.05, 0) is 33.1 Å². The number of nitrogens with zero attached hydrogens (tertiary/aromatic N) is 4. The van der Waals surface area contributed by atoms with Crippen LogP contribution in [0.15, 0.2) is 4.99 Å². The van der Waals surface area contributed by atoms with Gasteiger partial charge in [0, 0.05) is 32.8 Å². The van der Waals surface area contributed by atoms with Gasteiger partial charge in [0.05, 0.1) is 25.4 Å². The molecule has 2 aliphatic heterocycles. The van der Waals surface area contributed by atoms with Crippen molar-refractivity contribution in [1.82, 2.24) is 25.4 Å². The number of hydrogen-bond donors (Lipinski definition) is 2. The van der Waals surface area contributed by atoms with Crippen LogP contribution in [0.2, 0.25) is 0 Å². The highest BCUT2D eigenvalue weighted by Crippen LogP contribution is 2.11. The fraction of sp³-hybridized carbons (Fsp3) is 0.833. The van der Waals surface area contributed by atoms with E-state index in [2.05, 4.69) is 32.7 Å². The fourth-order valence-corrected chi connectivity index (χ4v) is 3.11. The lowest BCUT2D eigenvalue weighted by molar-refractivity contribution is 0.0347. The number of aryl methyl sites for hydroxylation is 1. The molecule has 9 nitrogen and oxygen atoms in total. The molecule has 0 bridgehead atoms. The molecule has 2 saturated heterocycles. The average molecular weight is 380 g/mol. The quantitative estimate of drug-likeness (QED) is 0.502. The third-order valence-electron chi connectivity index (χ3n) is 4.94. The second-order valence-corrected chi connectivity index (χ2v) is 7.27. The molecule has 27 heavy (non-hydrogen) atoms. The Morgan fingerprint density at radius 3 is 2.93 bits per heavy atom. The van der Waals surface area contributed by atoms with E-state index in [0.717, 1.165) is 56.6 Å². The molecule has 0 amide bonds. The van der Waals surface area contributed by atoms with E-state index in [0.29, 0.717) is 19.8 Å². The van der Waals surface area contributed by atoms with Gasteiger partial charge in [0.1, 0.15) is 12.4 Å². The average Bonchev–Trinajstić information content (AvgIpc) is 3.41. The summed E-state index contributed by atoms with van der Waals surface area (Å²) < 4.78 is 18.9. The van der Waals surface area contributed by atoms with Crippen LogP contribution in [0.3, 0.4) is 0 Å². The van der Waals surface area contributed by atoms with Crippen LogP contribution in [0.5, 0.6) is 0 Å². The van der Waals surface area contributed by atoms with Gasteiger partial charge in [-0.25, -0.2) is 4.99 Å². The maximum atomic E-state index is 5.91. The second kappa shape index (κ2) is 10.0. The van der Waals surface area contributed by atoms with Crippen LogP contribution in [0.1, 0.15) is 37.8 Å². The molecule has 3 unspecified atom stereocenters. The first-order valence-electron chi connectivity index (χ1n) is 9.82. The molecule has 3 atom stereocenters. The summed E-state index contributed by atoms with van der Waals surface area (Å²) in [6.07, 6.45) is 3.63. The van der Waals surface area contributed by atoms with Crippen molar-refractivity contribution < 1.29 is 14.2 Å². The lowest BCUT2D eigenvalue weighted by Gasteiger charge is -2.21. The molecule has 0 aromatic carbocycles. The summed E-state index contributed by atoms with van der Waals surface area (Å²) in [6, 6.07) is 0.127. The second-order valence-electron chi connectivity index (χ2n) is 7.27. The SMILES string of the molecule is Cc1nnc(CN=C(NCC2CCCO2)NC(C)COC2CCOC2)n1C. The Bertz CT molecular complexity index is 608. The normalized spacial score (nSPS) is 24.3. The summed E-state index contributed by atoms with van der Waals surface area (Å²) in [5.74, 6) is 2.45. The molecule has 3 heterocycles. The van der Waals surface area contributed by atoms with Crippen molar-refractivity contribution in [3.8, 4) is 0 Å². The van der Waals surface area contributed by atoms with Crippen molar-refractivity contribution in [2.75, 3.05) is 33.0 Å². The lowest BCUT2D eigenvalue weighted by Crippen LogP contribution is -2.46. The van der Waals surface area contributed by atoms with E-state index in [1.165, 1.54) is 0 Å². The van der Waals surface area contributed by atoms with Gasteiger partial charge in [-0.2, -0.15) is 0 Å². The van der Waals surface area contributed by atoms with E-state index in [1.807, 2.05) is 18.5 Å². The molecule has 2 fully saturated rings. The molecule has 3 rings (SSSR count). The standard InChI is InChI=1S/C18H32N6O3/c1-13(11-27-16-6-8-25-12-16)21-18(19-9-15-5-4-7-26-15)20-10-17-23-22-14(2)24(17)3/h13,15-16H,4-12H2,1-3H3,(H2,19,20,21). The van der Waals surface area contributed by atoms with Crippen LogP contribution in [0.4, 0.5) is 0 Å². The highest BCUT2D eigenvalue weighted by molar-refractivity contribution is 5.80.